The molecule has 2 aliphatic heterocycles. The molecule has 2 fully saturated rings. The Morgan fingerprint density at radius 2 is 1.56 bits per heavy atom. The second-order valence-electron chi connectivity index (χ2n) is 8.68. The highest BCUT2D eigenvalue weighted by Gasteiger charge is 2.34. The maximum absolute atomic E-state index is 13.9. The predicted octanol–water partition coefficient (Wildman–Crippen LogP) is 2.88. The van der Waals surface area contributed by atoms with Crippen molar-refractivity contribution in [3.63, 3.8) is 0 Å². The first-order chi connectivity index (χ1) is 15.3. The van der Waals surface area contributed by atoms with Crippen LogP contribution < -0.4 is 0 Å². The van der Waals surface area contributed by atoms with E-state index in [4.69, 9.17) is 0 Å². The molecule has 4 rings (SSSR count). The zero-order chi connectivity index (χ0) is 22.7. The number of piperazine rings is 1. The molecule has 2 aromatic carbocycles. The number of aryl methyl sites for hydroxylation is 1. The van der Waals surface area contributed by atoms with Gasteiger partial charge in [-0.15, -0.1) is 0 Å². The van der Waals surface area contributed by atoms with Crippen molar-refractivity contribution >= 4 is 15.9 Å². The summed E-state index contributed by atoms with van der Waals surface area (Å²) in [5.41, 5.74) is 1.69. The standard InChI is InChI=1S/C24H30FN3O3S/c1-19-6-8-22(9-7-19)32(30,31)28-12-10-20(11-13-28)24(29)27-16-14-26(15-17-27)18-21-4-2-3-5-23(21)25/h2-9,20H,10-18H2,1H3. The summed E-state index contributed by atoms with van der Waals surface area (Å²) in [6.45, 7) is 5.85. The number of rotatable bonds is 5. The van der Waals surface area contributed by atoms with Crippen LogP contribution in [0.15, 0.2) is 53.4 Å². The third-order valence-electron chi connectivity index (χ3n) is 6.50. The lowest BCUT2D eigenvalue weighted by atomic mass is 9.96. The Labute approximate surface area is 189 Å². The minimum atomic E-state index is -3.52. The normalized spacial score (nSPS) is 19.2. The molecule has 0 spiro atoms. The molecule has 2 saturated heterocycles. The topological polar surface area (TPSA) is 60.9 Å². The van der Waals surface area contributed by atoms with Gasteiger partial charge in [0.2, 0.25) is 15.9 Å². The lowest BCUT2D eigenvalue weighted by molar-refractivity contribution is -0.138. The second kappa shape index (κ2) is 9.68. The fourth-order valence-electron chi connectivity index (χ4n) is 4.45. The van der Waals surface area contributed by atoms with Crippen LogP contribution in [0.3, 0.4) is 0 Å². The van der Waals surface area contributed by atoms with E-state index in [1.54, 1.807) is 36.4 Å². The first kappa shape index (κ1) is 22.9. The number of benzene rings is 2. The molecule has 0 atom stereocenters. The Bertz CT molecular complexity index is 1040. The third kappa shape index (κ3) is 5.03. The van der Waals surface area contributed by atoms with Crippen LogP contribution in [0.4, 0.5) is 4.39 Å². The monoisotopic (exact) mass is 459 g/mol. The number of hydrogen-bond acceptors (Lipinski definition) is 4. The zero-order valence-corrected chi connectivity index (χ0v) is 19.2. The fourth-order valence-corrected chi connectivity index (χ4v) is 5.92. The van der Waals surface area contributed by atoms with Crippen molar-refractivity contribution in [2.75, 3.05) is 39.3 Å². The van der Waals surface area contributed by atoms with Gasteiger partial charge < -0.3 is 4.90 Å². The summed E-state index contributed by atoms with van der Waals surface area (Å²) in [5.74, 6) is -0.223. The zero-order valence-electron chi connectivity index (χ0n) is 18.4. The Balaban J connectivity index is 1.28. The molecule has 0 unspecified atom stereocenters. The van der Waals surface area contributed by atoms with Gasteiger partial charge in [-0.1, -0.05) is 35.9 Å². The van der Waals surface area contributed by atoms with Crippen LogP contribution in [0, 0.1) is 18.7 Å². The molecule has 8 heteroatoms. The first-order valence-corrected chi connectivity index (χ1v) is 12.6. The van der Waals surface area contributed by atoms with E-state index in [-0.39, 0.29) is 17.6 Å². The Kier molecular flexibility index (Phi) is 6.93. The molecule has 32 heavy (non-hydrogen) atoms. The van der Waals surface area contributed by atoms with Crippen LogP contribution in [-0.4, -0.2) is 67.7 Å². The van der Waals surface area contributed by atoms with Crippen molar-refractivity contribution in [3.8, 4) is 0 Å². The summed E-state index contributed by atoms with van der Waals surface area (Å²) in [7, 11) is -3.52. The van der Waals surface area contributed by atoms with E-state index in [2.05, 4.69) is 4.90 Å². The summed E-state index contributed by atoms with van der Waals surface area (Å²) >= 11 is 0. The number of piperidine rings is 1. The van der Waals surface area contributed by atoms with Gasteiger partial charge in [-0.25, -0.2) is 12.8 Å². The molecule has 172 valence electrons. The van der Waals surface area contributed by atoms with E-state index < -0.39 is 10.0 Å². The predicted molar refractivity (Wildman–Crippen MR) is 121 cm³/mol. The molecule has 2 aliphatic rings. The van der Waals surface area contributed by atoms with Gasteiger partial charge in [0.1, 0.15) is 5.82 Å². The summed E-state index contributed by atoms with van der Waals surface area (Å²) in [5, 5.41) is 0. The van der Waals surface area contributed by atoms with Crippen LogP contribution in [0.1, 0.15) is 24.0 Å². The number of halogens is 1. The summed E-state index contributed by atoms with van der Waals surface area (Å²) < 4.78 is 41.2. The Morgan fingerprint density at radius 3 is 2.19 bits per heavy atom. The van der Waals surface area contributed by atoms with Crippen LogP contribution >= 0.6 is 0 Å². The number of hydrogen-bond donors (Lipinski definition) is 0. The van der Waals surface area contributed by atoms with Crippen molar-refractivity contribution in [1.82, 2.24) is 14.1 Å². The Morgan fingerprint density at radius 1 is 0.938 bits per heavy atom. The van der Waals surface area contributed by atoms with Gasteiger partial charge in [0.15, 0.2) is 0 Å². The van der Waals surface area contributed by atoms with Gasteiger partial charge in [-0.05, 0) is 38.0 Å². The minimum absolute atomic E-state index is 0.114. The molecule has 0 aromatic heterocycles. The highest BCUT2D eigenvalue weighted by molar-refractivity contribution is 7.89. The molecule has 0 bridgehead atoms. The lowest BCUT2D eigenvalue weighted by Crippen LogP contribution is -2.51. The van der Waals surface area contributed by atoms with Crippen LogP contribution in [-0.2, 0) is 21.4 Å². The lowest BCUT2D eigenvalue weighted by Gasteiger charge is -2.38. The quantitative estimate of drug-likeness (QED) is 0.690. The van der Waals surface area contributed by atoms with Gasteiger partial charge in [-0.3, -0.25) is 9.69 Å². The minimum Gasteiger partial charge on any atom is -0.340 e. The van der Waals surface area contributed by atoms with Crippen LogP contribution in [0.25, 0.3) is 0 Å². The number of sulfonamides is 1. The van der Waals surface area contributed by atoms with Crippen molar-refractivity contribution in [3.05, 3.63) is 65.5 Å². The molecule has 2 aromatic rings. The van der Waals surface area contributed by atoms with Gasteiger partial charge in [0.05, 0.1) is 4.90 Å². The molecule has 0 radical (unpaired) electrons. The van der Waals surface area contributed by atoms with Crippen molar-refractivity contribution in [2.24, 2.45) is 5.92 Å². The van der Waals surface area contributed by atoms with E-state index in [1.807, 2.05) is 17.9 Å². The molecule has 2 heterocycles. The van der Waals surface area contributed by atoms with Crippen molar-refractivity contribution in [2.45, 2.75) is 31.2 Å². The van der Waals surface area contributed by atoms with E-state index >= 15 is 0 Å². The molecule has 1 amide bonds. The summed E-state index contributed by atoms with van der Waals surface area (Å²) in [4.78, 5) is 17.4. The number of carbonyl (C=O) groups excluding carboxylic acids is 1. The van der Waals surface area contributed by atoms with Gasteiger partial charge in [0, 0.05) is 57.3 Å². The van der Waals surface area contributed by atoms with E-state index in [0.717, 1.165) is 5.56 Å². The second-order valence-corrected chi connectivity index (χ2v) is 10.6. The molecule has 0 aliphatic carbocycles. The third-order valence-corrected chi connectivity index (χ3v) is 8.41. The van der Waals surface area contributed by atoms with E-state index in [0.29, 0.717) is 69.1 Å². The average molecular weight is 460 g/mol. The molecule has 0 saturated carbocycles. The van der Waals surface area contributed by atoms with E-state index in [1.165, 1.54) is 10.4 Å². The largest absolute Gasteiger partial charge is 0.340 e. The van der Waals surface area contributed by atoms with Gasteiger partial charge in [0.25, 0.3) is 0 Å². The fraction of sp³-hybridized carbons (Fsp3) is 0.458. The number of carbonyl (C=O) groups is 1. The maximum Gasteiger partial charge on any atom is 0.243 e. The van der Waals surface area contributed by atoms with Crippen molar-refractivity contribution in [1.29, 1.82) is 0 Å². The summed E-state index contributed by atoms with van der Waals surface area (Å²) in [6.07, 6.45) is 1.08. The van der Waals surface area contributed by atoms with Gasteiger partial charge >= 0.3 is 0 Å². The van der Waals surface area contributed by atoms with Crippen molar-refractivity contribution < 1.29 is 17.6 Å². The first-order valence-electron chi connectivity index (χ1n) is 11.2. The molecular formula is C24H30FN3O3S. The highest BCUT2D eigenvalue weighted by Crippen LogP contribution is 2.26. The Hall–Kier alpha value is -2.29. The molecule has 0 N–H and O–H groups in total. The number of nitrogens with zero attached hydrogens (tertiary/aromatic N) is 3. The SMILES string of the molecule is Cc1ccc(S(=O)(=O)N2CCC(C(=O)N3CCN(Cc4ccccc4F)CC3)CC2)cc1. The van der Waals surface area contributed by atoms with Crippen LogP contribution in [0.5, 0.6) is 0 Å². The van der Waals surface area contributed by atoms with Gasteiger partial charge in [-0.2, -0.15) is 4.31 Å². The van der Waals surface area contributed by atoms with Crippen LogP contribution in [0.2, 0.25) is 0 Å². The smallest absolute Gasteiger partial charge is 0.243 e. The maximum atomic E-state index is 13.9. The number of amides is 1. The van der Waals surface area contributed by atoms with E-state index in [9.17, 15) is 17.6 Å². The highest BCUT2D eigenvalue weighted by atomic mass is 32.2. The average Bonchev–Trinajstić information content (AvgIpc) is 2.81. The molecular weight excluding hydrogens is 429 g/mol. The molecule has 6 nitrogen and oxygen atoms in total. The summed E-state index contributed by atoms with van der Waals surface area (Å²) in [6, 6.07) is 13.7.